The summed E-state index contributed by atoms with van der Waals surface area (Å²) in [6, 6.07) is -3.26. The minimum Gasteiger partial charge on any atom is -0.347 e. The van der Waals surface area contributed by atoms with Gasteiger partial charge in [0.05, 0.1) is 22.6 Å². The van der Waals surface area contributed by atoms with Crippen LogP contribution in [0, 0.1) is 22.7 Å². The lowest BCUT2D eigenvalue weighted by molar-refractivity contribution is -0.146. The Labute approximate surface area is 310 Å². The minimum atomic E-state index is -3.39. The number of sulfone groups is 1. The number of fused-ring (bicyclic) bond motifs is 1. The Balaban J connectivity index is 1.24. The van der Waals surface area contributed by atoms with Gasteiger partial charge in [-0.3, -0.25) is 19.2 Å². The molecule has 0 aromatic carbocycles. The van der Waals surface area contributed by atoms with Crippen molar-refractivity contribution >= 4 is 39.4 Å². The van der Waals surface area contributed by atoms with Gasteiger partial charge in [-0.05, 0) is 80.5 Å². The van der Waals surface area contributed by atoms with Crippen LogP contribution in [0.2, 0.25) is 0 Å². The predicted molar refractivity (Wildman–Crippen MR) is 198 cm³/mol. The molecule has 4 aliphatic carbocycles. The first-order chi connectivity index (χ1) is 24.6. The van der Waals surface area contributed by atoms with Crippen molar-refractivity contribution in [2.24, 2.45) is 22.7 Å². The minimum absolute atomic E-state index is 0.0118. The van der Waals surface area contributed by atoms with Gasteiger partial charge in [0, 0.05) is 12.6 Å². The van der Waals surface area contributed by atoms with E-state index in [1.807, 2.05) is 13.8 Å². The molecule has 292 valence electrons. The summed E-state index contributed by atoms with van der Waals surface area (Å²) in [6.45, 7) is 8.60. The number of hydrogen-bond acceptors (Lipinski definition) is 7. The summed E-state index contributed by atoms with van der Waals surface area (Å²) in [4.78, 5) is 71.2. The maximum absolute atomic E-state index is 15.0. The standard InChI is InChI=1S/C39H63N5O7S/c1-5-6-15-27(31(45)34(47)40-25-17-18-25)41-33(46)30-29-26(37(29,2)3)24-44(30)35(48)32(38(4)19-10-7-11-20-38)42-36(49)43-39(21-12-8-13-22-39)28-16-9-14-23-52(28,50)51/h25-30,32H,5-24H2,1-4H3,(H,40,47)(H,41,46)(H2,42,43,49)/t26-,27-,28?,29-,30-,32+/m0/s1. The fourth-order valence-electron chi connectivity index (χ4n) is 10.4. The summed E-state index contributed by atoms with van der Waals surface area (Å²) < 4.78 is 26.8. The normalized spacial score (nSPS) is 30.9. The number of hydrogen-bond donors (Lipinski definition) is 4. The van der Waals surface area contributed by atoms with E-state index in [0.717, 1.165) is 77.0 Å². The number of amides is 5. The maximum atomic E-state index is 15.0. The maximum Gasteiger partial charge on any atom is 0.315 e. The Morgan fingerprint density at radius 1 is 0.827 bits per heavy atom. The third-order valence-electron chi connectivity index (χ3n) is 13.9. The SMILES string of the molecule is CCCC[C@H](NC(=O)[C@@H]1[C@@H]2[C@H](CN1C(=O)[C@@H](NC(=O)NC1(C3CCCCS3(=O)=O)CCCCC1)C1(C)CCCCC1)C2(C)C)C(=O)C(=O)NC1CC1. The molecule has 4 N–H and O–H groups in total. The first-order valence-electron chi connectivity index (χ1n) is 20.4. The monoisotopic (exact) mass is 745 g/mol. The summed E-state index contributed by atoms with van der Waals surface area (Å²) >= 11 is 0. The van der Waals surface area contributed by atoms with Crippen LogP contribution in [-0.4, -0.2) is 90.1 Å². The zero-order valence-corrected chi connectivity index (χ0v) is 32.7. The molecule has 6 rings (SSSR count). The van der Waals surface area contributed by atoms with Gasteiger partial charge in [-0.1, -0.05) is 85.5 Å². The van der Waals surface area contributed by atoms with Crippen molar-refractivity contribution in [2.45, 2.75) is 178 Å². The summed E-state index contributed by atoms with van der Waals surface area (Å²) in [5, 5.41) is 11.3. The van der Waals surface area contributed by atoms with Gasteiger partial charge in [0.15, 0.2) is 9.84 Å². The Bertz CT molecular complexity index is 1500. The molecule has 0 aromatic heterocycles. The van der Waals surface area contributed by atoms with Crippen molar-refractivity contribution in [3.63, 3.8) is 0 Å². The number of nitrogens with zero attached hydrogens (tertiary/aromatic N) is 1. The van der Waals surface area contributed by atoms with E-state index >= 15 is 0 Å². The number of nitrogens with one attached hydrogen (secondary N) is 4. The van der Waals surface area contributed by atoms with E-state index in [4.69, 9.17) is 0 Å². The van der Waals surface area contributed by atoms with E-state index in [9.17, 15) is 32.4 Å². The number of likely N-dealkylation sites (tertiary alicyclic amines) is 1. The number of carbonyl (C=O) groups is 5. The molecule has 6 atom stereocenters. The molecular weight excluding hydrogens is 683 g/mol. The van der Waals surface area contributed by atoms with Crippen LogP contribution in [0.5, 0.6) is 0 Å². The number of ketones is 1. The van der Waals surface area contributed by atoms with E-state index in [1.165, 1.54) is 0 Å². The lowest BCUT2D eigenvalue weighted by Crippen LogP contribution is -2.66. The van der Waals surface area contributed by atoms with Crippen LogP contribution in [0.1, 0.15) is 143 Å². The first kappa shape index (κ1) is 39.0. The molecular formula is C39H63N5O7S. The highest BCUT2D eigenvalue weighted by atomic mass is 32.2. The quantitative estimate of drug-likeness (QED) is 0.204. The van der Waals surface area contributed by atoms with Gasteiger partial charge >= 0.3 is 6.03 Å². The van der Waals surface area contributed by atoms with Gasteiger partial charge in [-0.25, -0.2) is 13.2 Å². The molecule has 6 fully saturated rings. The number of carbonyl (C=O) groups excluding carboxylic acids is 5. The molecule has 13 heteroatoms. The molecule has 0 spiro atoms. The third kappa shape index (κ3) is 7.90. The molecule has 0 aromatic rings. The zero-order valence-electron chi connectivity index (χ0n) is 31.9. The van der Waals surface area contributed by atoms with Crippen LogP contribution in [0.25, 0.3) is 0 Å². The van der Waals surface area contributed by atoms with Crippen molar-refractivity contribution in [1.29, 1.82) is 0 Å². The average molecular weight is 746 g/mol. The Morgan fingerprint density at radius 3 is 2.10 bits per heavy atom. The molecule has 1 unspecified atom stereocenters. The van der Waals surface area contributed by atoms with Crippen LogP contribution >= 0.6 is 0 Å². The molecule has 52 heavy (non-hydrogen) atoms. The molecule has 2 heterocycles. The van der Waals surface area contributed by atoms with E-state index in [2.05, 4.69) is 35.1 Å². The van der Waals surface area contributed by atoms with Crippen molar-refractivity contribution in [2.75, 3.05) is 12.3 Å². The number of unbranched alkanes of at least 4 members (excludes halogenated alkanes) is 1. The van der Waals surface area contributed by atoms with E-state index < -0.39 is 67.8 Å². The smallest absolute Gasteiger partial charge is 0.315 e. The van der Waals surface area contributed by atoms with Gasteiger partial charge in [-0.15, -0.1) is 0 Å². The predicted octanol–water partition coefficient (Wildman–Crippen LogP) is 4.30. The summed E-state index contributed by atoms with van der Waals surface area (Å²) in [5.41, 5.74) is -1.62. The summed E-state index contributed by atoms with van der Waals surface area (Å²) in [5.74, 6) is -1.96. The highest BCUT2D eigenvalue weighted by Crippen LogP contribution is 2.65. The fourth-order valence-corrected chi connectivity index (χ4v) is 12.8. The zero-order chi connectivity index (χ0) is 37.5. The second kappa shape index (κ2) is 15.2. The second-order valence-corrected chi connectivity index (χ2v) is 20.3. The van der Waals surface area contributed by atoms with Crippen molar-refractivity contribution < 1.29 is 32.4 Å². The summed E-state index contributed by atoms with van der Waals surface area (Å²) in [7, 11) is -3.39. The Hall–Kier alpha value is -2.70. The fraction of sp³-hybridized carbons (Fsp3) is 0.872. The van der Waals surface area contributed by atoms with Gasteiger partial charge in [0.25, 0.3) is 5.91 Å². The van der Waals surface area contributed by atoms with Crippen molar-refractivity contribution in [1.82, 2.24) is 26.2 Å². The van der Waals surface area contributed by atoms with Crippen LogP contribution in [-0.2, 0) is 29.0 Å². The molecule has 2 saturated heterocycles. The van der Waals surface area contributed by atoms with Crippen LogP contribution in [0.15, 0.2) is 0 Å². The van der Waals surface area contributed by atoms with Crippen molar-refractivity contribution in [3.05, 3.63) is 0 Å². The summed E-state index contributed by atoms with van der Waals surface area (Å²) in [6.07, 6.45) is 13.6. The third-order valence-corrected chi connectivity index (χ3v) is 16.3. The molecule has 4 saturated carbocycles. The number of rotatable bonds is 13. The van der Waals surface area contributed by atoms with Crippen molar-refractivity contribution in [3.8, 4) is 0 Å². The van der Waals surface area contributed by atoms with Crippen LogP contribution in [0.4, 0.5) is 4.79 Å². The highest BCUT2D eigenvalue weighted by molar-refractivity contribution is 7.92. The molecule has 0 radical (unpaired) electrons. The average Bonchev–Trinajstić information content (AvgIpc) is 3.96. The molecule has 2 aliphatic heterocycles. The molecule has 0 bridgehead atoms. The molecule has 12 nitrogen and oxygen atoms in total. The Morgan fingerprint density at radius 2 is 1.48 bits per heavy atom. The van der Waals surface area contributed by atoms with E-state index in [-0.39, 0.29) is 35.0 Å². The second-order valence-electron chi connectivity index (χ2n) is 18.0. The molecule has 6 aliphatic rings. The van der Waals surface area contributed by atoms with E-state index in [1.54, 1.807) is 4.90 Å². The first-order valence-corrected chi connectivity index (χ1v) is 22.1. The number of piperidine rings is 1. The lowest BCUT2D eigenvalue weighted by atomic mass is 9.70. The van der Waals surface area contributed by atoms with Gasteiger partial charge in [0.1, 0.15) is 12.1 Å². The van der Waals surface area contributed by atoms with E-state index in [0.29, 0.717) is 45.1 Å². The highest BCUT2D eigenvalue weighted by Gasteiger charge is 2.70. The number of Topliss-reactive ketones (excluding diaryl/α,β-unsaturated/α-hetero) is 1. The van der Waals surface area contributed by atoms with Crippen LogP contribution < -0.4 is 21.3 Å². The van der Waals surface area contributed by atoms with Gasteiger partial charge in [0.2, 0.25) is 17.6 Å². The molecule has 5 amide bonds. The van der Waals surface area contributed by atoms with Gasteiger partial charge in [-0.2, -0.15) is 0 Å². The number of urea groups is 1. The van der Waals surface area contributed by atoms with Crippen LogP contribution in [0.3, 0.4) is 0 Å². The Kier molecular flexibility index (Phi) is 11.4. The lowest BCUT2D eigenvalue weighted by Gasteiger charge is -2.46. The van der Waals surface area contributed by atoms with Gasteiger partial charge < -0.3 is 26.2 Å². The topological polar surface area (TPSA) is 171 Å². The largest absolute Gasteiger partial charge is 0.347 e.